The zero-order valence-electron chi connectivity index (χ0n) is 13.3. The van der Waals surface area contributed by atoms with Gasteiger partial charge in [-0.3, -0.25) is 14.9 Å². The van der Waals surface area contributed by atoms with Gasteiger partial charge >= 0.3 is 5.97 Å². The number of carbonyl (C=O) groups excluding carboxylic acids is 2. The fourth-order valence-corrected chi connectivity index (χ4v) is 2.68. The van der Waals surface area contributed by atoms with Gasteiger partial charge in [0.1, 0.15) is 6.04 Å². The highest BCUT2D eigenvalue weighted by Crippen LogP contribution is 2.22. The van der Waals surface area contributed by atoms with E-state index in [1.807, 2.05) is 48.5 Å². The number of benzene rings is 2. The minimum absolute atomic E-state index is 0.0975. The Balaban J connectivity index is 1.42. The quantitative estimate of drug-likeness (QED) is 0.632. The molecular formula is C19H20N2O3. The van der Waals surface area contributed by atoms with Crippen LogP contribution in [0.15, 0.2) is 60.7 Å². The average Bonchev–Trinajstić information content (AvgIpc) is 3.01. The Morgan fingerprint density at radius 1 is 1.04 bits per heavy atom. The number of amides is 1. The van der Waals surface area contributed by atoms with Crippen molar-refractivity contribution in [3.8, 4) is 0 Å². The Morgan fingerprint density at radius 3 is 2.42 bits per heavy atom. The minimum Gasteiger partial charge on any atom is -0.441 e. The molecule has 2 atom stereocenters. The molecule has 2 aromatic rings. The van der Waals surface area contributed by atoms with E-state index in [0.717, 1.165) is 5.56 Å². The van der Waals surface area contributed by atoms with Crippen LogP contribution in [-0.4, -0.2) is 24.5 Å². The highest BCUT2D eigenvalue weighted by molar-refractivity contribution is 5.94. The van der Waals surface area contributed by atoms with Gasteiger partial charge in [-0.1, -0.05) is 48.5 Å². The van der Waals surface area contributed by atoms with Crippen molar-refractivity contribution in [2.45, 2.75) is 25.1 Å². The first-order valence-electron chi connectivity index (χ1n) is 8.09. The number of nitrogens with one attached hydrogen (secondary N) is 2. The van der Waals surface area contributed by atoms with Gasteiger partial charge in [-0.2, -0.15) is 0 Å². The van der Waals surface area contributed by atoms with Gasteiger partial charge in [0.05, 0.1) is 0 Å². The predicted molar refractivity (Wildman–Crippen MR) is 90.2 cm³/mol. The van der Waals surface area contributed by atoms with Crippen LogP contribution in [0.3, 0.4) is 0 Å². The van der Waals surface area contributed by atoms with Crippen molar-refractivity contribution in [1.82, 2.24) is 10.6 Å². The lowest BCUT2D eigenvalue weighted by molar-refractivity contribution is -0.142. The molecule has 1 aliphatic rings. The predicted octanol–water partition coefficient (Wildman–Crippen LogP) is 2.41. The number of ether oxygens (including phenoxy) is 1. The Hall–Kier alpha value is -2.66. The molecule has 2 N–H and O–H groups in total. The number of carbonyl (C=O) groups is 2. The molecule has 124 valence electrons. The summed E-state index contributed by atoms with van der Waals surface area (Å²) in [6.45, 7) is 0.523. The molecule has 1 amide bonds. The van der Waals surface area contributed by atoms with E-state index in [9.17, 15) is 9.59 Å². The van der Waals surface area contributed by atoms with E-state index in [4.69, 9.17) is 4.74 Å². The fraction of sp³-hybridized carbons (Fsp3) is 0.263. The van der Waals surface area contributed by atoms with Crippen molar-refractivity contribution in [2.75, 3.05) is 6.54 Å². The first-order chi connectivity index (χ1) is 11.7. The smallest absolute Gasteiger partial charge is 0.325 e. The molecule has 0 radical (unpaired) electrons. The van der Waals surface area contributed by atoms with Gasteiger partial charge in [-0.25, -0.2) is 0 Å². The summed E-state index contributed by atoms with van der Waals surface area (Å²) < 4.78 is 5.37. The standard InChI is InChI=1S/C19H20N2O3/c22-17(14-8-3-1-4-9-14)20-13-7-12-16-19(23)24-18(21-16)15-10-5-2-6-11-15/h1-6,8-11,16,18,21H,7,12-13H2,(H,20,22). The van der Waals surface area contributed by atoms with Crippen LogP contribution < -0.4 is 10.6 Å². The van der Waals surface area contributed by atoms with Crippen LogP contribution in [0.2, 0.25) is 0 Å². The maximum Gasteiger partial charge on any atom is 0.325 e. The molecule has 1 heterocycles. The summed E-state index contributed by atoms with van der Waals surface area (Å²) in [7, 11) is 0. The third kappa shape index (κ3) is 4.00. The second-order valence-corrected chi connectivity index (χ2v) is 5.71. The molecule has 3 rings (SSSR count). The van der Waals surface area contributed by atoms with Crippen LogP contribution in [0.25, 0.3) is 0 Å². The van der Waals surface area contributed by atoms with E-state index in [-0.39, 0.29) is 24.1 Å². The van der Waals surface area contributed by atoms with Crippen LogP contribution >= 0.6 is 0 Å². The first kappa shape index (κ1) is 16.2. The highest BCUT2D eigenvalue weighted by atomic mass is 16.6. The molecular weight excluding hydrogens is 304 g/mol. The maximum atomic E-state index is 11.9. The lowest BCUT2D eigenvalue weighted by Gasteiger charge is -2.10. The normalized spacial score (nSPS) is 19.8. The molecule has 0 saturated carbocycles. The SMILES string of the molecule is O=C(NCCCC1NC(c2ccccc2)OC1=O)c1ccccc1. The van der Waals surface area contributed by atoms with Crippen molar-refractivity contribution in [2.24, 2.45) is 0 Å². The average molecular weight is 324 g/mol. The summed E-state index contributed by atoms with van der Waals surface area (Å²) in [5, 5.41) is 6.05. The molecule has 2 unspecified atom stereocenters. The summed E-state index contributed by atoms with van der Waals surface area (Å²) >= 11 is 0. The van der Waals surface area contributed by atoms with Gasteiger partial charge < -0.3 is 10.1 Å². The third-order valence-corrected chi connectivity index (χ3v) is 3.96. The van der Waals surface area contributed by atoms with Gasteiger partial charge in [0, 0.05) is 17.7 Å². The molecule has 2 aromatic carbocycles. The van der Waals surface area contributed by atoms with Gasteiger partial charge in [-0.05, 0) is 25.0 Å². The van der Waals surface area contributed by atoms with Gasteiger partial charge in [-0.15, -0.1) is 0 Å². The van der Waals surface area contributed by atoms with E-state index >= 15 is 0 Å². The van der Waals surface area contributed by atoms with Crippen molar-refractivity contribution in [3.63, 3.8) is 0 Å². The van der Waals surface area contributed by atoms with Crippen molar-refractivity contribution in [3.05, 3.63) is 71.8 Å². The number of rotatable bonds is 6. The Bertz CT molecular complexity index is 688. The third-order valence-electron chi connectivity index (χ3n) is 3.96. The second-order valence-electron chi connectivity index (χ2n) is 5.71. The van der Waals surface area contributed by atoms with E-state index in [1.54, 1.807) is 12.1 Å². The molecule has 5 nitrogen and oxygen atoms in total. The fourth-order valence-electron chi connectivity index (χ4n) is 2.68. The van der Waals surface area contributed by atoms with Crippen molar-refractivity contribution < 1.29 is 14.3 Å². The molecule has 0 bridgehead atoms. The Morgan fingerprint density at radius 2 is 1.71 bits per heavy atom. The summed E-state index contributed by atoms with van der Waals surface area (Å²) in [6.07, 6.45) is 0.937. The summed E-state index contributed by atoms with van der Waals surface area (Å²) in [4.78, 5) is 23.9. The second kappa shape index (κ2) is 7.75. The van der Waals surface area contributed by atoms with Gasteiger partial charge in [0.15, 0.2) is 6.23 Å². The molecule has 1 saturated heterocycles. The maximum absolute atomic E-state index is 11.9. The Kier molecular flexibility index (Phi) is 5.23. The number of cyclic esters (lactones) is 1. The molecule has 1 aliphatic heterocycles. The van der Waals surface area contributed by atoms with Crippen LogP contribution in [-0.2, 0) is 9.53 Å². The number of hydrogen-bond acceptors (Lipinski definition) is 4. The van der Waals surface area contributed by atoms with E-state index in [2.05, 4.69) is 10.6 Å². The van der Waals surface area contributed by atoms with Crippen LogP contribution in [0.5, 0.6) is 0 Å². The molecule has 1 fully saturated rings. The molecule has 0 spiro atoms. The van der Waals surface area contributed by atoms with Gasteiger partial charge in [0.25, 0.3) is 5.91 Å². The van der Waals surface area contributed by atoms with Crippen molar-refractivity contribution in [1.29, 1.82) is 0 Å². The lowest BCUT2D eigenvalue weighted by atomic mass is 10.1. The van der Waals surface area contributed by atoms with Crippen LogP contribution in [0.1, 0.15) is 35.0 Å². The van der Waals surface area contributed by atoms with E-state index < -0.39 is 0 Å². The topological polar surface area (TPSA) is 67.4 Å². The lowest BCUT2D eigenvalue weighted by Crippen LogP contribution is -2.30. The first-order valence-corrected chi connectivity index (χ1v) is 8.09. The monoisotopic (exact) mass is 324 g/mol. The Labute approximate surface area is 141 Å². The number of hydrogen-bond donors (Lipinski definition) is 2. The summed E-state index contributed by atoms with van der Waals surface area (Å²) in [5.74, 6) is -0.335. The largest absolute Gasteiger partial charge is 0.441 e. The summed E-state index contributed by atoms with van der Waals surface area (Å²) in [5.41, 5.74) is 1.57. The molecule has 0 aliphatic carbocycles. The zero-order valence-corrected chi connectivity index (χ0v) is 13.3. The highest BCUT2D eigenvalue weighted by Gasteiger charge is 2.33. The molecule has 0 aromatic heterocycles. The number of esters is 1. The minimum atomic E-state index is -0.386. The van der Waals surface area contributed by atoms with E-state index in [1.165, 1.54) is 0 Å². The van der Waals surface area contributed by atoms with Crippen molar-refractivity contribution >= 4 is 11.9 Å². The molecule has 5 heteroatoms. The summed E-state index contributed by atoms with van der Waals surface area (Å²) in [6, 6.07) is 18.4. The van der Waals surface area contributed by atoms with Gasteiger partial charge in [0.2, 0.25) is 0 Å². The van der Waals surface area contributed by atoms with Crippen LogP contribution in [0.4, 0.5) is 0 Å². The molecule has 24 heavy (non-hydrogen) atoms. The zero-order chi connectivity index (χ0) is 16.8. The van der Waals surface area contributed by atoms with E-state index in [0.29, 0.717) is 24.9 Å². The van der Waals surface area contributed by atoms with Crippen LogP contribution in [0, 0.1) is 0 Å².